The largest absolute Gasteiger partial charge is 0.295 e. The van der Waals surface area contributed by atoms with Gasteiger partial charge >= 0.3 is 0 Å². The molecule has 0 radical (unpaired) electrons. The van der Waals surface area contributed by atoms with Crippen LogP contribution in [-0.4, -0.2) is 31.6 Å². The maximum Gasteiger partial charge on any atom is 0.267 e. The summed E-state index contributed by atoms with van der Waals surface area (Å²) in [5.74, 6) is 0. The minimum atomic E-state index is -2.34. The van der Waals surface area contributed by atoms with E-state index in [0.717, 1.165) is 5.19 Å². The van der Waals surface area contributed by atoms with Gasteiger partial charge < -0.3 is 0 Å². The Balaban J connectivity index is 3.17. The Morgan fingerprint density at radius 2 is 1.48 bits per heavy atom. The molecular formula is C17H27F2NSi. The van der Waals surface area contributed by atoms with Crippen LogP contribution in [0.1, 0.15) is 27.7 Å². The van der Waals surface area contributed by atoms with Gasteiger partial charge in [-0.1, -0.05) is 48.6 Å². The van der Waals surface area contributed by atoms with Gasteiger partial charge in [0.05, 0.1) is 0 Å². The Labute approximate surface area is 128 Å². The number of hydrogen-bond donors (Lipinski definition) is 0. The lowest BCUT2D eigenvalue weighted by atomic mass is 10.2. The van der Waals surface area contributed by atoms with E-state index in [0.29, 0.717) is 11.7 Å². The van der Waals surface area contributed by atoms with Gasteiger partial charge in [-0.25, -0.2) is 0 Å². The van der Waals surface area contributed by atoms with Crippen molar-refractivity contribution in [2.24, 2.45) is 0 Å². The molecule has 0 aliphatic carbocycles. The second-order valence-corrected chi connectivity index (χ2v) is 11.0. The first kappa shape index (κ1) is 18.0. The quantitative estimate of drug-likeness (QED) is 0.703. The van der Waals surface area contributed by atoms with Crippen LogP contribution >= 0.6 is 0 Å². The molecular weight excluding hydrogens is 284 g/mol. The summed E-state index contributed by atoms with van der Waals surface area (Å²) in [5.41, 5.74) is 0. The zero-order valence-corrected chi connectivity index (χ0v) is 15.0. The monoisotopic (exact) mass is 311 g/mol. The van der Waals surface area contributed by atoms with Crippen LogP contribution in [-0.2, 0) is 0 Å². The summed E-state index contributed by atoms with van der Waals surface area (Å²) >= 11 is 0. The molecule has 21 heavy (non-hydrogen) atoms. The van der Waals surface area contributed by atoms with Crippen LogP contribution in [0.4, 0.5) is 8.78 Å². The van der Waals surface area contributed by atoms with E-state index in [4.69, 9.17) is 0 Å². The van der Waals surface area contributed by atoms with E-state index >= 15 is 0 Å². The first-order valence-electron chi connectivity index (χ1n) is 7.53. The Bertz CT molecular complexity index is 469. The van der Waals surface area contributed by atoms with Crippen LogP contribution in [0.5, 0.6) is 0 Å². The lowest BCUT2D eigenvalue weighted by Crippen LogP contribution is -2.49. The molecule has 0 saturated heterocycles. The van der Waals surface area contributed by atoms with Crippen molar-refractivity contribution in [2.45, 2.75) is 52.9 Å². The van der Waals surface area contributed by atoms with Gasteiger partial charge in [0.25, 0.3) is 6.08 Å². The summed E-state index contributed by atoms with van der Waals surface area (Å²) in [5, 5.41) is 1.40. The van der Waals surface area contributed by atoms with Gasteiger partial charge in [0.1, 0.15) is 8.07 Å². The minimum absolute atomic E-state index is 0.250. The predicted octanol–water partition coefficient (Wildman–Crippen LogP) is 4.41. The average molecular weight is 311 g/mol. The van der Waals surface area contributed by atoms with Crippen molar-refractivity contribution < 1.29 is 8.78 Å². The highest BCUT2D eigenvalue weighted by molar-refractivity contribution is 6.95. The zero-order valence-electron chi connectivity index (χ0n) is 14.0. The van der Waals surface area contributed by atoms with E-state index in [1.54, 1.807) is 0 Å². The van der Waals surface area contributed by atoms with Crippen LogP contribution in [0.2, 0.25) is 13.1 Å². The topological polar surface area (TPSA) is 3.24 Å². The van der Waals surface area contributed by atoms with E-state index in [2.05, 4.69) is 32.6 Å². The highest BCUT2D eigenvalue weighted by atomic mass is 28.3. The van der Waals surface area contributed by atoms with Gasteiger partial charge in [0.15, 0.2) is 0 Å². The molecule has 1 nitrogen and oxygen atoms in total. The number of nitrogens with zero attached hydrogens (tertiary/aromatic N) is 1. The van der Waals surface area contributed by atoms with E-state index in [9.17, 15) is 8.78 Å². The first-order valence-corrected chi connectivity index (χ1v) is 10.5. The van der Waals surface area contributed by atoms with Crippen molar-refractivity contribution in [3.63, 3.8) is 0 Å². The number of hydrogen-bond acceptors (Lipinski definition) is 1. The molecule has 0 fully saturated rings. The fourth-order valence-electron chi connectivity index (χ4n) is 2.67. The lowest BCUT2D eigenvalue weighted by Gasteiger charge is -2.35. The Hall–Kier alpha value is -1.00. The van der Waals surface area contributed by atoms with Crippen LogP contribution in [0.3, 0.4) is 0 Å². The number of halogens is 2. The smallest absolute Gasteiger partial charge is 0.267 e. The van der Waals surface area contributed by atoms with Crippen molar-refractivity contribution in [1.82, 2.24) is 4.90 Å². The molecule has 0 unspecified atom stereocenters. The van der Waals surface area contributed by atoms with Crippen molar-refractivity contribution in [3.05, 3.63) is 41.6 Å². The maximum atomic E-state index is 13.7. The molecule has 4 heteroatoms. The average Bonchev–Trinajstić information content (AvgIpc) is 2.38. The standard InChI is InChI=1S/C17H27F2NSi/c1-13(2)20(14(3)4)12-16(17(18)19)21(5,6)15-10-8-7-9-11-15/h7-11,13-14H,12H2,1-6H3. The fourth-order valence-corrected chi connectivity index (χ4v) is 5.09. The van der Waals surface area contributed by atoms with Crippen LogP contribution in [0, 0.1) is 0 Å². The second kappa shape index (κ2) is 7.32. The second-order valence-electron chi connectivity index (χ2n) is 6.59. The van der Waals surface area contributed by atoms with Gasteiger partial charge in [-0.15, -0.1) is 0 Å². The SMILES string of the molecule is CC(C)N(CC(=C(F)F)[Si](C)(C)c1ccccc1)C(C)C. The molecule has 118 valence electrons. The first-order chi connectivity index (χ1) is 9.67. The summed E-state index contributed by atoms with van der Waals surface area (Å²) in [7, 11) is -2.34. The molecule has 0 amide bonds. The zero-order chi connectivity index (χ0) is 16.2. The number of rotatable bonds is 6. The molecule has 0 atom stereocenters. The van der Waals surface area contributed by atoms with E-state index in [-0.39, 0.29) is 12.1 Å². The fraction of sp³-hybridized carbons (Fsp3) is 0.529. The molecule has 0 heterocycles. The van der Waals surface area contributed by atoms with E-state index < -0.39 is 14.2 Å². The van der Waals surface area contributed by atoms with Crippen LogP contribution < -0.4 is 5.19 Å². The molecule has 0 N–H and O–H groups in total. The Morgan fingerprint density at radius 3 is 1.86 bits per heavy atom. The third-order valence-corrected chi connectivity index (χ3v) is 7.78. The van der Waals surface area contributed by atoms with E-state index in [1.165, 1.54) is 0 Å². The van der Waals surface area contributed by atoms with Gasteiger partial charge in [0, 0.05) is 23.8 Å². The van der Waals surface area contributed by atoms with Gasteiger partial charge in [-0.2, -0.15) is 8.78 Å². The molecule has 1 rings (SSSR count). The van der Waals surface area contributed by atoms with Crippen LogP contribution in [0.25, 0.3) is 0 Å². The number of benzene rings is 1. The molecule has 1 aromatic carbocycles. The van der Waals surface area contributed by atoms with Crippen molar-refractivity contribution >= 4 is 13.3 Å². The molecule has 0 spiro atoms. The summed E-state index contributed by atoms with van der Waals surface area (Å²) in [6, 6.07) is 10.2. The highest BCUT2D eigenvalue weighted by Gasteiger charge is 2.34. The van der Waals surface area contributed by atoms with Crippen molar-refractivity contribution in [2.75, 3.05) is 6.54 Å². The van der Waals surface area contributed by atoms with Gasteiger partial charge in [-0.3, -0.25) is 4.90 Å². The molecule has 1 aromatic rings. The Kier molecular flexibility index (Phi) is 6.29. The lowest BCUT2D eigenvalue weighted by molar-refractivity contribution is 0.191. The third kappa shape index (κ3) is 4.48. The Morgan fingerprint density at radius 1 is 1.00 bits per heavy atom. The molecule has 0 bridgehead atoms. The predicted molar refractivity (Wildman–Crippen MR) is 89.8 cm³/mol. The summed E-state index contributed by atoms with van der Waals surface area (Å²) in [6.45, 7) is 12.6. The van der Waals surface area contributed by atoms with Gasteiger partial charge in [-0.05, 0) is 27.7 Å². The normalized spacial score (nSPS) is 12.3. The van der Waals surface area contributed by atoms with Crippen LogP contribution in [0.15, 0.2) is 41.6 Å². The van der Waals surface area contributed by atoms with E-state index in [1.807, 2.05) is 43.4 Å². The molecule has 0 aliphatic rings. The molecule has 0 saturated carbocycles. The summed E-state index contributed by atoms with van der Waals surface area (Å²) < 4.78 is 27.3. The summed E-state index contributed by atoms with van der Waals surface area (Å²) in [6.07, 6.45) is -1.50. The minimum Gasteiger partial charge on any atom is -0.295 e. The van der Waals surface area contributed by atoms with Gasteiger partial charge in [0.2, 0.25) is 0 Å². The summed E-state index contributed by atoms with van der Waals surface area (Å²) in [4.78, 5) is 2.13. The van der Waals surface area contributed by atoms with Crippen molar-refractivity contribution in [3.8, 4) is 0 Å². The highest BCUT2D eigenvalue weighted by Crippen LogP contribution is 2.24. The maximum absolute atomic E-state index is 13.7. The third-order valence-electron chi connectivity index (χ3n) is 4.15. The molecule has 0 aromatic heterocycles. The van der Waals surface area contributed by atoms with Crippen molar-refractivity contribution in [1.29, 1.82) is 0 Å². The molecule has 0 aliphatic heterocycles.